The van der Waals surface area contributed by atoms with Crippen molar-refractivity contribution in [3.8, 4) is 10.4 Å². The summed E-state index contributed by atoms with van der Waals surface area (Å²) in [5.74, 6) is 0.812. The van der Waals surface area contributed by atoms with Gasteiger partial charge in [-0.3, -0.25) is 0 Å². The number of thiophene rings is 1. The Bertz CT molecular complexity index is 720. The smallest absolute Gasteiger partial charge is 0.230 e. The molecule has 0 atom stereocenters. The minimum Gasteiger partial charge on any atom is -0.338 e. The number of fused-ring (bicyclic) bond motifs is 1. The van der Waals surface area contributed by atoms with Crippen molar-refractivity contribution in [3.63, 3.8) is 0 Å². The van der Waals surface area contributed by atoms with E-state index in [9.17, 15) is 0 Å². The van der Waals surface area contributed by atoms with Crippen molar-refractivity contribution in [2.24, 2.45) is 0 Å². The molecule has 0 aromatic carbocycles. The highest BCUT2D eigenvalue weighted by Gasteiger charge is 2.19. The van der Waals surface area contributed by atoms with E-state index in [2.05, 4.69) is 36.8 Å². The van der Waals surface area contributed by atoms with E-state index in [4.69, 9.17) is 0 Å². The number of aromatic nitrogens is 5. The molecule has 3 aromatic rings. The highest BCUT2D eigenvalue weighted by molar-refractivity contribution is 7.13. The number of hydrogen-bond acceptors (Lipinski definition) is 7. The second-order valence-electron chi connectivity index (χ2n) is 4.60. The molecular weight excluding hydrogens is 310 g/mol. The lowest BCUT2D eigenvalue weighted by Gasteiger charge is -2.28. The van der Waals surface area contributed by atoms with Crippen molar-refractivity contribution in [2.75, 3.05) is 31.1 Å². The first-order valence-electron chi connectivity index (χ1n) is 6.50. The van der Waals surface area contributed by atoms with Crippen molar-refractivity contribution in [1.29, 1.82) is 0 Å². The van der Waals surface area contributed by atoms with Gasteiger partial charge in [-0.25, -0.2) is 4.98 Å². The first-order chi connectivity index (χ1) is 9.93. The van der Waals surface area contributed by atoms with Crippen LogP contribution in [0.15, 0.2) is 23.7 Å². The molecule has 1 aliphatic heterocycles. The quantitative estimate of drug-likeness (QED) is 0.761. The molecule has 4 heterocycles. The third-order valence-electron chi connectivity index (χ3n) is 3.40. The van der Waals surface area contributed by atoms with E-state index < -0.39 is 0 Å². The highest BCUT2D eigenvalue weighted by Crippen LogP contribution is 2.28. The lowest BCUT2D eigenvalue weighted by atomic mass is 10.2. The maximum Gasteiger partial charge on any atom is 0.230 e. The molecule has 110 valence electrons. The zero-order valence-corrected chi connectivity index (χ0v) is 12.8. The van der Waals surface area contributed by atoms with Gasteiger partial charge in [0.1, 0.15) is 0 Å². The van der Waals surface area contributed by atoms with Crippen LogP contribution in [-0.4, -0.2) is 51.2 Å². The fourth-order valence-electron chi connectivity index (χ4n) is 2.41. The highest BCUT2D eigenvalue weighted by atomic mass is 35.5. The van der Waals surface area contributed by atoms with Gasteiger partial charge in [-0.05, 0) is 21.9 Å². The van der Waals surface area contributed by atoms with E-state index in [-0.39, 0.29) is 12.4 Å². The van der Waals surface area contributed by atoms with Gasteiger partial charge in [0.25, 0.3) is 0 Å². The number of hydrogen-bond donors (Lipinski definition) is 1. The van der Waals surface area contributed by atoms with Gasteiger partial charge >= 0.3 is 0 Å². The molecule has 1 saturated heterocycles. The lowest BCUT2D eigenvalue weighted by molar-refractivity contribution is 0.572. The molecule has 3 aromatic heterocycles. The summed E-state index contributed by atoms with van der Waals surface area (Å²) in [5, 5.41) is 17.4. The summed E-state index contributed by atoms with van der Waals surface area (Å²) in [5.41, 5.74) is 1.74. The largest absolute Gasteiger partial charge is 0.338 e. The number of nitrogens with one attached hydrogen (secondary N) is 1. The number of tetrazole rings is 1. The maximum absolute atomic E-state index is 4.58. The van der Waals surface area contributed by atoms with Crippen molar-refractivity contribution in [2.45, 2.75) is 0 Å². The Morgan fingerprint density at radius 3 is 2.86 bits per heavy atom. The first kappa shape index (κ1) is 14.2. The van der Waals surface area contributed by atoms with Crippen LogP contribution < -0.4 is 10.2 Å². The summed E-state index contributed by atoms with van der Waals surface area (Å²) in [7, 11) is 0. The van der Waals surface area contributed by atoms with Gasteiger partial charge < -0.3 is 10.2 Å². The average Bonchev–Trinajstić information content (AvgIpc) is 3.18. The van der Waals surface area contributed by atoms with Gasteiger partial charge in [0.05, 0.1) is 5.56 Å². The molecule has 0 spiro atoms. The van der Waals surface area contributed by atoms with E-state index in [0.717, 1.165) is 48.2 Å². The summed E-state index contributed by atoms with van der Waals surface area (Å²) in [6.45, 7) is 3.75. The molecule has 0 bridgehead atoms. The molecule has 0 aliphatic carbocycles. The van der Waals surface area contributed by atoms with Crippen LogP contribution in [0.2, 0.25) is 0 Å². The molecule has 1 aliphatic rings. The standard InChI is InChI=1S/C12H13N7S.ClH/c1-2-10(20-7-1)9-8-14-12(18-5-3-13-4-6-18)19-11(9)15-16-17-19;/h1-2,7-8,13H,3-6H2;1H. The Morgan fingerprint density at radius 1 is 1.24 bits per heavy atom. The van der Waals surface area contributed by atoms with E-state index in [1.54, 1.807) is 15.9 Å². The van der Waals surface area contributed by atoms with E-state index in [0.29, 0.717) is 0 Å². The number of piperazine rings is 1. The molecular formula is C12H14ClN7S. The maximum atomic E-state index is 4.58. The number of anilines is 1. The summed E-state index contributed by atoms with van der Waals surface area (Å²) in [6, 6.07) is 4.07. The van der Waals surface area contributed by atoms with Gasteiger partial charge in [0.2, 0.25) is 5.95 Å². The van der Waals surface area contributed by atoms with Crippen LogP contribution in [0.1, 0.15) is 0 Å². The number of halogens is 1. The number of rotatable bonds is 2. The monoisotopic (exact) mass is 323 g/mol. The summed E-state index contributed by atoms with van der Waals surface area (Å²) < 4.78 is 1.74. The fourth-order valence-corrected chi connectivity index (χ4v) is 3.14. The van der Waals surface area contributed by atoms with Crippen LogP contribution in [0, 0.1) is 0 Å². The zero-order valence-electron chi connectivity index (χ0n) is 11.1. The predicted molar refractivity (Wildman–Crippen MR) is 84.2 cm³/mol. The third-order valence-corrected chi connectivity index (χ3v) is 4.30. The molecule has 4 rings (SSSR count). The average molecular weight is 324 g/mol. The van der Waals surface area contributed by atoms with E-state index in [1.165, 1.54) is 0 Å². The van der Waals surface area contributed by atoms with Crippen molar-refractivity contribution in [3.05, 3.63) is 23.7 Å². The molecule has 0 amide bonds. The first-order valence-corrected chi connectivity index (χ1v) is 7.38. The van der Waals surface area contributed by atoms with Crippen molar-refractivity contribution >= 4 is 35.3 Å². The Labute approximate surface area is 131 Å². The van der Waals surface area contributed by atoms with Crippen LogP contribution in [-0.2, 0) is 0 Å². The Hall–Kier alpha value is -1.77. The molecule has 21 heavy (non-hydrogen) atoms. The lowest BCUT2D eigenvalue weighted by Crippen LogP contribution is -2.44. The van der Waals surface area contributed by atoms with Crippen molar-refractivity contribution < 1.29 is 0 Å². The van der Waals surface area contributed by atoms with Crippen molar-refractivity contribution in [1.82, 2.24) is 30.3 Å². The summed E-state index contributed by atoms with van der Waals surface area (Å²) in [4.78, 5) is 7.92. The van der Waals surface area contributed by atoms with Crippen LogP contribution in [0.3, 0.4) is 0 Å². The van der Waals surface area contributed by atoms with Gasteiger partial charge in [0, 0.05) is 37.3 Å². The van der Waals surface area contributed by atoms with Gasteiger partial charge in [-0.15, -0.1) is 28.8 Å². The SMILES string of the molecule is Cl.c1csc(-c2cnc(N3CCNCC3)n3nnnc23)c1. The predicted octanol–water partition coefficient (Wildman–Crippen LogP) is 1.08. The minimum atomic E-state index is 0. The Morgan fingerprint density at radius 2 is 2.10 bits per heavy atom. The Balaban J connectivity index is 0.00000132. The topological polar surface area (TPSA) is 71.2 Å². The third kappa shape index (κ3) is 2.45. The molecule has 0 unspecified atom stereocenters. The summed E-state index contributed by atoms with van der Waals surface area (Å²) in [6.07, 6.45) is 1.87. The number of nitrogens with zero attached hydrogens (tertiary/aromatic N) is 6. The van der Waals surface area contributed by atoms with Gasteiger partial charge in [0.15, 0.2) is 5.65 Å². The second kappa shape index (κ2) is 5.92. The Kier molecular flexibility index (Phi) is 4.00. The zero-order chi connectivity index (χ0) is 13.4. The van der Waals surface area contributed by atoms with Crippen LogP contribution >= 0.6 is 23.7 Å². The van der Waals surface area contributed by atoms with Crippen LogP contribution in [0.4, 0.5) is 5.95 Å². The molecule has 7 nitrogen and oxygen atoms in total. The molecule has 0 saturated carbocycles. The minimum absolute atomic E-state index is 0. The summed E-state index contributed by atoms with van der Waals surface area (Å²) >= 11 is 1.66. The molecule has 0 radical (unpaired) electrons. The van der Waals surface area contributed by atoms with Gasteiger partial charge in [-0.1, -0.05) is 6.07 Å². The second-order valence-corrected chi connectivity index (χ2v) is 5.55. The van der Waals surface area contributed by atoms with Crippen LogP contribution in [0.25, 0.3) is 16.1 Å². The van der Waals surface area contributed by atoms with Crippen LogP contribution in [0.5, 0.6) is 0 Å². The van der Waals surface area contributed by atoms with E-state index >= 15 is 0 Å². The molecule has 9 heteroatoms. The molecule has 1 fully saturated rings. The van der Waals surface area contributed by atoms with Gasteiger partial charge in [-0.2, -0.15) is 4.52 Å². The fraction of sp³-hybridized carbons (Fsp3) is 0.333. The molecule has 1 N–H and O–H groups in total. The normalized spacial score (nSPS) is 15.1. The van der Waals surface area contributed by atoms with E-state index in [1.807, 2.05) is 17.6 Å².